The van der Waals surface area contributed by atoms with Gasteiger partial charge in [-0.05, 0) is 83.0 Å². The summed E-state index contributed by atoms with van der Waals surface area (Å²) in [6, 6.07) is 0. The van der Waals surface area contributed by atoms with Crippen molar-refractivity contribution in [3.63, 3.8) is 0 Å². The summed E-state index contributed by atoms with van der Waals surface area (Å²) < 4.78 is 40.5. The summed E-state index contributed by atoms with van der Waals surface area (Å²) in [4.78, 5) is 12.4. The van der Waals surface area contributed by atoms with Gasteiger partial charge in [0.15, 0.2) is 14.1 Å². The van der Waals surface area contributed by atoms with Crippen LogP contribution in [0.4, 0.5) is 0 Å². The minimum Gasteiger partial charge on any atom is -0.465 e. The Morgan fingerprint density at radius 2 is 1.71 bits per heavy atom. The van der Waals surface area contributed by atoms with E-state index in [1.54, 1.807) is 0 Å². The lowest BCUT2D eigenvalue weighted by Crippen LogP contribution is -2.61. The van der Waals surface area contributed by atoms with Crippen LogP contribution in [0.5, 0.6) is 0 Å². The first kappa shape index (κ1) is 42.6. The third kappa shape index (κ3) is 12.1. The van der Waals surface area contributed by atoms with Crippen molar-refractivity contribution in [1.29, 1.82) is 0 Å². The molecule has 0 unspecified atom stereocenters. The Morgan fingerprint density at radius 1 is 1.02 bits per heavy atom. The Bertz CT molecular complexity index is 1210. The number of hydrogen-bond acceptors (Lipinski definition) is 7. The van der Waals surface area contributed by atoms with Crippen molar-refractivity contribution in [3.8, 4) is 0 Å². The van der Waals surface area contributed by atoms with Crippen LogP contribution in [-0.4, -0.2) is 69.9 Å². The molecule has 7 nitrogen and oxygen atoms in total. The highest BCUT2D eigenvalue weighted by Crippen LogP contribution is 2.46. The second kappa shape index (κ2) is 17.3. The predicted molar refractivity (Wildman–Crippen MR) is 210 cm³/mol. The lowest BCUT2D eigenvalue weighted by atomic mass is 9.73. The molecule has 0 aromatic rings. The molecule has 3 fully saturated rings. The molecule has 0 bridgehead atoms. The van der Waals surface area contributed by atoms with E-state index in [-0.39, 0.29) is 59.0 Å². The zero-order chi connectivity index (χ0) is 36.8. The molecule has 9 heteroatoms. The van der Waals surface area contributed by atoms with E-state index in [1.165, 1.54) is 5.57 Å². The average Bonchev–Trinajstić information content (AvgIpc) is 2.97. The molecule has 280 valence electrons. The molecule has 8 atom stereocenters. The third-order valence-corrected chi connectivity index (χ3v) is 15.8. The van der Waals surface area contributed by atoms with Crippen LogP contribution in [0.1, 0.15) is 108 Å². The number of esters is 1. The zero-order valence-corrected chi connectivity index (χ0v) is 35.9. The van der Waals surface area contributed by atoms with E-state index >= 15 is 0 Å². The van der Waals surface area contributed by atoms with E-state index in [4.69, 9.17) is 28.1 Å². The number of fused-ring (bicyclic) bond motifs is 1. The molecule has 3 rings (SSSR count). The molecule has 3 aliphatic heterocycles. The number of ether oxygens (including phenoxy) is 5. The van der Waals surface area contributed by atoms with Crippen LogP contribution in [0.25, 0.3) is 0 Å². The van der Waals surface area contributed by atoms with Crippen molar-refractivity contribution in [2.75, 3.05) is 13.2 Å². The molecule has 0 aromatic heterocycles. The lowest BCUT2D eigenvalue weighted by Gasteiger charge is -2.54. The molecular formula is C40H67IO7Si. The van der Waals surface area contributed by atoms with Gasteiger partial charge in [-0.25, -0.2) is 0 Å². The molecular weight excluding hydrogens is 747 g/mol. The fourth-order valence-electron chi connectivity index (χ4n) is 6.40. The van der Waals surface area contributed by atoms with Crippen molar-refractivity contribution >= 4 is 36.9 Å². The van der Waals surface area contributed by atoms with Gasteiger partial charge in [0.1, 0.15) is 0 Å². The summed E-state index contributed by atoms with van der Waals surface area (Å²) in [5.74, 6) is -0.575. The topological polar surface area (TPSA) is 72.5 Å². The monoisotopic (exact) mass is 814 g/mol. The van der Waals surface area contributed by atoms with Crippen LogP contribution in [0.3, 0.4) is 0 Å². The summed E-state index contributed by atoms with van der Waals surface area (Å²) in [7, 11) is -1.91. The molecule has 0 saturated carbocycles. The highest BCUT2D eigenvalue weighted by atomic mass is 127. The van der Waals surface area contributed by atoms with Gasteiger partial charge >= 0.3 is 5.97 Å². The lowest BCUT2D eigenvalue weighted by molar-refractivity contribution is -0.351. The highest BCUT2D eigenvalue weighted by molar-refractivity contribution is 14.1. The third-order valence-electron chi connectivity index (χ3n) is 10.8. The first-order chi connectivity index (χ1) is 22.6. The Labute approximate surface area is 313 Å². The van der Waals surface area contributed by atoms with E-state index in [2.05, 4.69) is 118 Å². The first-order valence-electron chi connectivity index (χ1n) is 18.3. The van der Waals surface area contributed by atoms with Crippen LogP contribution in [0.15, 0.2) is 46.1 Å². The maximum absolute atomic E-state index is 12.4. The minimum absolute atomic E-state index is 0.00426. The maximum atomic E-state index is 12.4. The van der Waals surface area contributed by atoms with Crippen LogP contribution < -0.4 is 0 Å². The van der Waals surface area contributed by atoms with Crippen molar-refractivity contribution < 1.29 is 32.9 Å². The van der Waals surface area contributed by atoms with E-state index in [0.29, 0.717) is 19.6 Å². The summed E-state index contributed by atoms with van der Waals surface area (Å²) in [5.41, 5.74) is 0.327. The molecule has 0 spiro atoms. The highest BCUT2D eigenvalue weighted by Gasteiger charge is 2.53. The number of carbonyl (C=O) groups is 1. The van der Waals surface area contributed by atoms with Crippen LogP contribution in [0.2, 0.25) is 18.1 Å². The van der Waals surface area contributed by atoms with Crippen molar-refractivity contribution in [1.82, 2.24) is 0 Å². The second-order valence-electron chi connectivity index (χ2n) is 17.7. The van der Waals surface area contributed by atoms with Gasteiger partial charge in [0.25, 0.3) is 0 Å². The number of rotatable bonds is 12. The predicted octanol–water partition coefficient (Wildman–Crippen LogP) is 10.3. The van der Waals surface area contributed by atoms with Gasteiger partial charge in [0, 0.05) is 24.2 Å². The van der Waals surface area contributed by atoms with Gasteiger partial charge < -0.3 is 28.1 Å². The van der Waals surface area contributed by atoms with Gasteiger partial charge in [-0.2, -0.15) is 0 Å². The Balaban J connectivity index is 1.65. The molecule has 0 amide bonds. The average molecular weight is 815 g/mol. The summed E-state index contributed by atoms with van der Waals surface area (Å²) in [5, 5.41) is 0.165. The fraction of sp³-hybridized carbons (Fsp3) is 0.775. The van der Waals surface area contributed by atoms with Gasteiger partial charge in [0.05, 0.1) is 55.3 Å². The molecule has 3 heterocycles. The molecule has 3 aliphatic rings. The summed E-state index contributed by atoms with van der Waals surface area (Å²) >= 11 is 2.28. The number of allylic oxidation sites excluding steroid dienone is 4. The van der Waals surface area contributed by atoms with Gasteiger partial charge in [-0.3, -0.25) is 4.79 Å². The largest absolute Gasteiger partial charge is 0.465 e. The summed E-state index contributed by atoms with van der Waals surface area (Å²) in [6.07, 6.45) is 17.2. The fourth-order valence-corrected chi connectivity index (χ4v) is 8.12. The number of hydrogen-bond donors (Lipinski definition) is 0. The maximum Gasteiger partial charge on any atom is 0.311 e. The molecule has 49 heavy (non-hydrogen) atoms. The molecule has 0 N–H and O–H groups in total. The van der Waals surface area contributed by atoms with Crippen molar-refractivity contribution in [2.24, 2.45) is 16.7 Å². The molecule has 0 radical (unpaired) electrons. The SMILES string of the molecule is CC(=C/[C@@H]1O[C@H](C/C=C/I)C[C@@H](O[Si](C)(C)C(C)(C)C)[C@@H]1C)/C=C/C/C=C\[C@@H]1C[C@H]2OC(C)(C)OC[C@@]2(C)[C@H](CCOC(=O)C(C)(C)C)O1. The van der Waals surface area contributed by atoms with Crippen LogP contribution in [0, 0.1) is 16.7 Å². The smallest absolute Gasteiger partial charge is 0.311 e. The van der Waals surface area contributed by atoms with E-state index in [9.17, 15) is 4.79 Å². The van der Waals surface area contributed by atoms with Gasteiger partial charge in [-0.1, -0.05) is 99.2 Å². The van der Waals surface area contributed by atoms with Gasteiger partial charge in [-0.15, -0.1) is 0 Å². The van der Waals surface area contributed by atoms with Crippen LogP contribution in [-0.2, 0) is 32.9 Å². The first-order valence-corrected chi connectivity index (χ1v) is 22.5. The number of halogens is 1. The Hall–Kier alpha value is -0.823. The Morgan fingerprint density at radius 3 is 2.35 bits per heavy atom. The van der Waals surface area contributed by atoms with Crippen LogP contribution >= 0.6 is 22.6 Å². The standard InChI is InChI=1S/C40H67IO7Si/c1-28(24-32-29(2)33(25-30(45-32)20-17-22-41)48-49(12,13)38(6,7)8)18-15-14-16-19-31-26-35-40(11,27-44-39(9,10)47-35)34(46-31)21-23-43-36(42)37(3,4)5/h15-19,22,24,29-35H,14,20-21,23,25-27H2,1-13H3/b18-15+,19-16-,22-17+,28-24-/t29-,30-,31-,32+,33-,34+,35-,40+/m1/s1. The normalized spacial score (nSPS) is 33.3. The quantitative estimate of drug-likeness (QED) is 0.0639. The van der Waals surface area contributed by atoms with E-state index in [1.807, 2.05) is 34.6 Å². The van der Waals surface area contributed by atoms with E-state index in [0.717, 1.165) is 25.7 Å². The Kier molecular flexibility index (Phi) is 15.1. The molecule has 0 aliphatic carbocycles. The molecule has 0 aromatic carbocycles. The zero-order valence-electron chi connectivity index (χ0n) is 32.8. The number of carbonyl (C=O) groups excluding carboxylic acids is 1. The van der Waals surface area contributed by atoms with Crippen molar-refractivity contribution in [3.05, 3.63) is 46.1 Å². The minimum atomic E-state index is -1.91. The van der Waals surface area contributed by atoms with E-state index < -0.39 is 19.5 Å². The van der Waals surface area contributed by atoms with Gasteiger partial charge in [0.2, 0.25) is 0 Å². The molecule has 3 saturated heterocycles. The summed E-state index contributed by atoms with van der Waals surface area (Å²) in [6.45, 7) is 28.6. The van der Waals surface area contributed by atoms with Crippen molar-refractivity contribution in [2.45, 2.75) is 169 Å². The second-order valence-corrected chi connectivity index (χ2v) is 23.2.